The van der Waals surface area contributed by atoms with E-state index in [9.17, 15) is 4.79 Å². The lowest BCUT2D eigenvalue weighted by Gasteiger charge is -2.04. The Bertz CT molecular complexity index is 604. The second-order valence-electron chi connectivity index (χ2n) is 4.83. The Hall–Kier alpha value is -1.37. The number of halogens is 1. The molecule has 19 heavy (non-hydrogen) atoms. The predicted molar refractivity (Wildman–Crippen MR) is 82.1 cm³/mol. The van der Waals surface area contributed by atoms with Crippen LogP contribution in [0.3, 0.4) is 0 Å². The van der Waals surface area contributed by atoms with E-state index >= 15 is 0 Å². The molecule has 1 saturated carbocycles. The van der Waals surface area contributed by atoms with Gasteiger partial charge in [-0.3, -0.25) is 9.48 Å². The summed E-state index contributed by atoms with van der Waals surface area (Å²) in [5.74, 6) is 0.689. The number of benzene rings is 1. The number of nitrogens with one attached hydrogen (secondary N) is 1. The molecular weight excluding hydrogens is 353 g/mol. The van der Waals surface area contributed by atoms with Gasteiger partial charge in [0.15, 0.2) is 0 Å². The Morgan fingerprint density at radius 3 is 2.95 bits per heavy atom. The predicted octanol–water partition coefficient (Wildman–Crippen LogP) is 3.15. The average molecular weight is 367 g/mol. The van der Waals surface area contributed by atoms with E-state index in [1.807, 2.05) is 35.1 Å². The van der Waals surface area contributed by atoms with E-state index in [0.717, 1.165) is 21.7 Å². The molecule has 0 atom stereocenters. The van der Waals surface area contributed by atoms with E-state index < -0.39 is 0 Å². The molecule has 0 aliphatic heterocycles. The standard InChI is InChI=1S/C14H14IN3O/c15-13-4-2-1-3-12(13)14(19)17-11-7-16-18(9-11)8-10-5-6-10/h1-4,7,9-10H,5-6,8H2,(H,17,19). The smallest absolute Gasteiger partial charge is 0.256 e. The van der Waals surface area contributed by atoms with Gasteiger partial charge in [0.05, 0.1) is 17.4 Å². The van der Waals surface area contributed by atoms with Crippen molar-refractivity contribution in [1.82, 2.24) is 9.78 Å². The Labute approximate surface area is 125 Å². The molecule has 0 bridgehead atoms. The fourth-order valence-corrected chi connectivity index (χ4v) is 2.57. The molecule has 4 nitrogen and oxygen atoms in total. The van der Waals surface area contributed by atoms with Gasteiger partial charge in [-0.05, 0) is 53.5 Å². The molecule has 1 aliphatic carbocycles. The lowest BCUT2D eigenvalue weighted by molar-refractivity contribution is 0.102. The zero-order valence-corrected chi connectivity index (χ0v) is 12.5. The van der Waals surface area contributed by atoms with Crippen LogP contribution in [-0.4, -0.2) is 15.7 Å². The van der Waals surface area contributed by atoms with Crippen LogP contribution < -0.4 is 5.32 Å². The van der Waals surface area contributed by atoms with Crippen molar-refractivity contribution in [3.63, 3.8) is 0 Å². The van der Waals surface area contributed by atoms with Gasteiger partial charge in [-0.2, -0.15) is 5.10 Å². The first-order valence-electron chi connectivity index (χ1n) is 6.31. The van der Waals surface area contributed by atoms with Gasteiger partial charge in [0.25, 0.3) is 5.91 Å². The number of anilines is 1. The minimum Gasteiger partial charge on any atom is -0.319 e. The van der Waals surface area contributed by atoms with Crippen molar-refractivity contribution in [2.45, 2.75) is 19.4 Å². The van der Waals surface area contributed by atoms with Crippen molar-refractivity contribution in [3.05, 3.63) is 45.8 Å². The zero-order chi connectivity index (χ0) is 13.2. The molecule has 1 aliphatic rings. The number of amides is 1. The molecular formula is C14H14IN3O. The first kappa shape index (κ1) is 12.7. The third-order valence-corrected chi connectivity index (χ3v) is 4.09. The molecule has 1 fully saturated rings. The van der Waals surface area contributed by atoms with Crippen LogP contribution in [-0.2, 0) is 6.54 Å². The van der Waals surface area contributed by atoms with E-state index in [2.05, 4.69) is 33.0 Å². The van der Waals surface area contributed by atoms with E-state index in [1.54, 1.807) is 6.20 Å². The van der Waals surface area contributed by atoms with Crippen LogP contribution >= 0.6 is 22.6 Å². The lowest BCUT2D eigenvalue weighted by atomic mass is 10.2. The van der Waals surface area contributed by atoms with Crippen molar-refractivity contribution in [2.24, 2.45) is 5.92 Å². The Kier molecular flexibility index (Phi) is 3.54. The number of rotatable bonds is 4. The third-order valence-electron chi connectivity index (χ3n) is 3.15. The molecule has 2 aromatic rings. The van der Waals surface area contributed by atoms with Gasteiger partial charge < -0.3 is 5.32 Å². The number of carbonyl (C=O) groups is 1. The van der Waals surface area contributed by atoms with Gasteiger partial charge in [-0.15, -0.1) is 0 Å². The molecule has 98 valence electrons. The van der Waals surface area contributed by atoms with Crippen LogP contribution in [0.15, 0.2) is 36.7 Å². The Morgan fingerprint density at radius 2 is 2.21 bits per heavy atom. The number of carbonyl (C=O) groups excluding carboxylic acids is 1. The summed E-state index contributed by atoms with van der Waals surface area (Å²) in [5, 5.41) is 7.15. The van der Waals surface area contributed by atoms with Crippen LogP contribution in [0.2, 0.25) is 0 Å². The topological polar surface area (TPSA) is 46.9 Å². The number of aromatic nitrogens is 2. The van der Waals surface area contributed by atoms with E-state index in [4.69, 9.17) is 0 Å². The number of nitrogens with zero attached hydrogens (tertiary/aromatic N) is 2. The maximum Gasteiger partial charge on any atom is 0.256 e. The van der Waals surface area contributed by atoms with Gasteiger partial charge in [0.1, 0.15) is 0 Å². The van der Waals surface area contributed by atoms with Gasteiger partial charge >= 0.3 is 0 Å². The molecule has 0 spiro atoms. The summed E-state index contributed by atoms with van der Waals surface area (Å²) < 4.78 is 2.85. The maximum atomic E-state index is 12.1. The van der Waals surface area contributed by atoms with E-state index in [-0.39, 0.29) is 5.91 Å². The van der Waals surface area contributed by atoms with Gasteiger partial charge in [-0.1, -0.05) is 12.1 Å². The molecule has 0 radical (unpaired) electrons. The van der Waals surface area contributed by atoms with Crippen molar-refractivity contribution in [1.29, 1.82) is 0 Å². The van der Waals surface area contributed by atoms with Gasteiger partial charge in [0, 0.05) is 16.3 Å². The van der Waals surface area contributed by atoms with Crippen molar-refractivity contribution < 1.29 is 4.79 Å². The Balaban J connectivity index is 1.68. The second kappa shape index (κ2) is 5.32. The monoisotopic (exact) mass is 367 g/mol. The second-order valence-corrected chi connectivity index (χ2v) is 5.99. The molecule has 1 N–H and O–H groups in total. The summed E-state index contributed by atoms with van der Waals surface area (Å²) >= 11 is 2.17. The highest BCUT2D eigenvalue weighted by Crippen LogP contribution is 2.30. The molecule has 1 heterocycles. The highest BCUT2D eigenvalue weighted by Gasteiger charge is 2.22. The average Bonchev–Trinajstić information content (AvgIpc) is 3.09. The first-order valence-corrected chi connectivity index (χ1v) is 7.38. The van der Waals surface area contributed by atoms with Crippen LogP contribution in [0.4, 0.5) is 5.69 Å². The first-order chi connectivity index (χ1) is 9.22. The third kappa shape index (κ3) is 3.15. The SMILES string of the molecule is O=C(Nc1cnn(CC2CC2)c1)c1ccccc1I. The summed E-state index contributed by atoms with van der Waals surface area (Å²) in [6, 6.07) is 7.54. The lowest BCUT2D eigenvalue weighted by Crippen LogP contribution is -2.12. The van der Waals surface area contributed by atoms with Gasteiger partial charge in [-0.25, -0.2) is 0 Å². The zero-order valence-electron chi connectivity index (χ0n) is 10.3. The summed E-state index contributed by atoms with van der Waals surface area (Å²) in [4.78, 5) is 12.1. The highest BCUT2D eigenvalue weighted by molar-refractivity contribution is 14.1. The van der Waals surface area contributed by atoms with Crippen LogP contribution in [0.5, 0.6) is 0 Å². The van der Waals surface area contributed by atoms with E-state index in [0.29, 0.717) is 5.56 Å². The van der Waals surface area contributed by atoms with Crippen LogP contribution in [0, 0.1) is 9.49 Å². The molecule has 0 unspecified atom stereocenters. The molecule has 1 aromatic carbocycles. The molecule has 1 aromatic heterocycles. The minimum atomic E-state index is -0.0871. The fraction of sp³-hybridized carbons (Fsp3) is 0.286. The quantitative estimate of drug-likeness (QED) is 0.844. The highest BCUT2D eigenvalue weighted by atomic mass is 127. The van der Waals surface area contributed by atoms with Crippen molar-refractivity contribution in [2.75, 3.05) is 5.32 Å². The van der Waals surface area contributed by atoms with E-state index in [1.165, 1.54) is 12.8 Å². The van der Waals surface area contributed by atoms with Gasteiger partial charge in [0.2, 0.25) is 0 Å². The van der Waals surface area contributed by atoms with Crippen molar-refractivity contribution >= 4 is 34.2 Å². The molecule has 5 heteroatoms. The molecule has 1 amide bonds. The summed E-state index contributed by atoms with van der Waals surface area (Å²) in [7, 11) is 0. The van der Waals surface area contributed by atoms with Crippen LogP contribution in [0.25, 0.3) is 0 Å². The Morgan fingerprint density at radius 1 is 1.42 bits per heavy atom. The maximum absolute atomic E-state index is 12.1. The normalized spacial score (nSPS) is 14.4. The summed E-state index contributed by atoms with van der Waals surface area (Å²) in [6.45, 7) is 0.957. The molecule has 0 saturated heterocycles. The summed E-state index contributed by atoms with van der Waals surface area (Å²) in [5.41, 5.74) is 1.45. The number of hydrogen-bond acceptors (Lipinski definition) is 2. The number of hydrogen-bond donors (Lipinski definition) is 1. The van der Waals surface area contributed by atoms with Crippen molar-refractivity contribution in [3.8, 4) is 0 Å². The summed E-state index contributed by atoms with van der Waals surface area (Å²) in [6.07, 6.45) is 6.19. The fourth-order valence-electron chi connectivity index (χ4n) is 1.94. The largest absolute Gasteiger partial charge is 0.319 e. The van der Waals surface area contributed by atoms with Crippen LogP contribution in [0.1, 0.15) is 23.2 Å². The molecule has 3 rings (SSSR count). The minimum absolute atomic E-state index is 0.0871.